The molecule has 5 nitrogen and oxygen atoms in total. The predicted octanol–water partition coefficient (Wildman–Crippen LogP) is 1.56. The summed E-state index contributed by atoms with van der Waals surface area (Å²) in [7, 11) is 0. The van der Waals surface area contributed by atoms with Gasteiger partial charge >= 0.3 is 0 Å². The number of nitrogen functional groups attached to an aromatic ring is 3. The molecule has 0 saturated heterocycles. The summed E-state index contributed by atoms with van der Waals surface area (Å²) in [6.45, 7) is 0. The maximum absolute atomic E-state index is 5.87. The SMILES string of the molecule is Nc1cc(N)nc(SCCc2ccccc2N)n1. The Kier molecular flexibility index (Phi) is 3.88. The number of hydrogen-bond acceptors (Lipinski definition) is 6. The molecule has 18 heavy (non-hydrogen) atoms. The molecule has 6 heteroatoms. The smallest absolute Gasteiger partial charge is 0.191 e. The molecule has 0 radical (unpaired) electrons. The van der Waals surface area contributed by atoms with Crippen LogP contribution in [0.15, 0.2) is 35.5 Å². The van der Waals surface area contributed by atoms with Gasteiger partial charge in [-0.15, -0.1) is 0 Å². The van der Waals surface area contributed by atoms with Gasteiger partial charge in [0.05, 0.1) is 0 Å². The number of hydrogen-bond donors (Lipinski definition) is 3. The lowest BCUT2D eigenvalue weighted by molar-refractivity contribution is 0.981. The quantitative estimate of drug-likeness (QED) is 0.438. The lowest BCUT2D eigenvalue weighted by Gasteiger charge is -2.05. The fraction of sp³-hybridized carbons (Fsp3) is 0.167. The van der Waals surface area contributed by atoms with E-state index in [9.17, 15) is 0 Å². The number of thioether (sulfide) groups is 1. The van der Waals surface area contributed by atoms with E-state index in [-0.39, 0.29) is 0 Å². The molecule has 0 spiro atoms. The first-order chi connectivity index (χ1) is 8.65. The first-order valence-electron chi connectivity index (χ1n) is 5.51. The summed E-state index contributed by atoms with van der Waals surface area (Å²) in [4.78, 5) is 8.21. The van der Waals surface area contributed by atoms with E-state index in [4.69, 9.17) is 17.2 Å². The van der Waals surface area contributed by atoms with Crippen LogP contribution in [0.1, 0.15) is 5.56 Å². The molecule has 6 N–H and O–H groups in total. The molecule has 0 aliphatic rings. The number of benzene rings is 1. The summed E-state index contributed by atoms with van der Waals surface area (Å²) < 4.78 is 0. The van der Waals surface area contributed by atoms with E-state index in [0.29, 0.717) is 16.8 Å². The third-order valence-electron chi connectivity index (χ3n) is 2.40. The van der Waals surface area contributed by atoms with Crippen LogP contribution in [0.3, 0.4) is 0 Å². The standard InChI is InChI=1S/C12H15N5S/c13-9-4-2-1-3-8(9)5-6-18-12-16-10(14)7-11(15)17-12/h1-4,7H,5-6,13H2,(H4,14,15,16,17). The lowest BCUT2D eigenvalue weighted by Crippen LogP contribution is -2.00. The largest absolute Gasteiger partial charge is 0.399 e. The summed E-state index contributed by atoms with van der Waals surface area (Å²) in [5.74, 6) is 1.62. The van der Waals surface area contributed by atoms with Crippen molar-refractivity contribution in [3.8, 4) is 0 Å². The number of rotatable bonds is 4. The monoisotopic (exact) mass is 261 g/mol. The van der Waals surface area contributed by atoms with Crippen LogP contribution in [0.2, 0.25) is 0 Å². The third kappa shape index (κ3) is 3.27. The fourth-order valence-electron chi connectivity index (χ4n) is 1.54. The molecule has 0 atom stereocenters. The highest BCUT2D eigenvalue weighted by molar-refractivity contribution is 7.99. The molecule has 0 unspecified atom stereocenters. The molecule has 0 amide bonds. The van der Waals surface area contributed by atoms with Crippen molar-refractivity contribution in [1.29, 1.82) is 0 Å². The molecule has 2 rings (SSSR count). The van der Waals surface area contributed by atoms with Gasteiger partial charge in [-0.3, -0.25) is 0 Å². The summed E-state index contributed by atoms with van der Waals surface area (Å²) in [5.41, 5.74) is 19.0. The number of aromatic nitrogens is 2. The van der Waals surface area contributed by atoms with Crippen LogP contribution >= 0.6 is 11.8 Å². The Morgan fingerprint density at radius 3 is 2.33 bits per heavy atom. The van der Waals surface area contributed by atoms with E-state index in [0.717, 1.165) is 23.4 Å². The second kappa shape index (κ2) is 5.59. The van der Waals surface area contributed by atoms with Gasteiger partial charge in [-0.05, 0) is 18.1 Å². The number of nitrogens with two attached hydrogens (primary N) is 3. The van der Waals surface area contributed by atoms with Crippen LogP contribution < -0.4 is 17.2 Å². The molecule has 1 aromatic carbocycles. The Morgan fingerprint density at radius 2 is 1.67 bits per heavy atom. The zero-order valence-corrected chi connectivity index (χ0v) is 10.7. The molecule has 0 bridgehead atoms. The average Bonchev–Trinajstić information content (AvgIpc) is 2.30. The molecule has 0 saturated carbocycles. The van der Waals surface area contributed by atoms with Crippen molar-refractivity contribution in [3.05, 3.63) is 35.9 Å². The first-order valence-corrected chi connectivity index (χ1v) is 6.50. The highest BCUT2D eigenvalue weighted by Crippen LogP contribution is 2.19. The number of para-hydroxylation sites is 1. The van der Waals surface area contributed by atoms with E-state index >= 15 is 0 Å². The van der Waals surface area contributed by atoms with Crippen molar-refractivity contribution in [2.24, 2.45) is 0 Å². The maximum Gasteiger partial charge on any atom is 0.191 e. The highest BCUT2D eigenvalue weighted by Gasteiger charge is 2.03. The molecule has 1 aromatic heterocycles. The van der Waals surface area contributed by atoms with Gasteiger partial charge in [0.2, 0.25) is 0 Å². The highest BCUT2D eigenvalue weighted by atomic mass is 32.2. The number of nitrogens with zero attached hydrogens (tertiary/aromatic N) is 2. The van der Waals surface area contributed by atoms with E-state index in [2.05, 4.69) is 9.97 Å². The van der Waals surface area contributed by atoms with Gasteiger partial charge in [0.25, 0.3) is 0 Å². The molecule has 94 valence electrons. The predicted molar refractivity (Wildman–Crippen MR) is 76.1 cm³/mol. The minimum Gasteiger partial charge on any atom is -0.399 e. The third-order valence-corrected chi connectivity index (χ3v) is 3.25. The van der Waals surface area contributed by atoms with Gasteiger partial charge in [0, 0.05) is 17.5 Å². The van der Waals surface area contributed by atoms with E-state index in [1.807, 2.05) is 24.3 Å². The van der Waals surface area contributed by atoms with Crippen molar-refractivity contribution in [2.45, 2.75) is 11.6 Å². The molecule has 0 aliphatic carbocycles. The van der Waals surface area contributed by atoms with Gasteiger partial charge in [0.1, 0.15) is 11.6 Å². The molecular weight excluding hydrogens is 246 g/mol. The Hall–Kier alpha value is -1.95. The molecule has 0 aliphatic heterocycles. The van der Waals surface area contributed by atoms with Crippen LogP contribution in [0.4, 0.5) is 17.3 Å². The van der Waals surface area contributed by atoms with E-state index in [1.54, 1.807) is 6.07 Å². The lowest BCUT2D eigenvalue weighted by atomic mass is 10.1. The molecular formula is C12H15N5S. The zero-order valence-electron chi connectivity index (χ0n) is 9.84. The van der Waals surface area contributed by atoms with Crippen molar-refractivity contribution < 1.29 is 0 Å². The van der Waals surface area contributed by atoms with Crippen LogP contribution in [0, 0.1) is 0 Å². The van der Waals surface area contributed by atoms with Gasteiger partial charge in [-0.2, -0.15) is 0 Å². The van der Waals surface area contributed by atoms with Crippen molar-refractivity contribution in [1.82, 2.24) is 9.97 Å². The fourth-order valence-corrected chi connectivity index (χ4v) is 2.39. The Labute approximate surface area is 110 Å². The van der Waals surface area contributed by atoms with Crippen molar-refractivity contribution in [2.75, 3.05) is 23.0 Å². The minimum absolute atomic E-state index is 0.393. The Balaban J connectivity index is 1.94. The van der Waals surface area contributed by atoms with Crippen molar-refractivity contribution in [3.63, 3.8) is 0 Å². The van der Waals surface area contributed by atoms with Crippen LogP contribution in [-0.4, -0.2) is 15.7 Å². The molecule has 1 heterocycles. The summed E-state index contributed by atoms with van der Waals surface area (Å²) in [5, 5.41) is 0.599. The normalized spacial score (nSPS) is 10.4. The summed E-state index contributed by atoms with van der Waals surface area (Å²) in [6.07, 6.45) is 0.857. The summed E-state index contributed by atoms with van der Waals surface area (Å²) >= 11 is 1.51. The van der Waals surface area contributed by atoms with Gasteiger partial charge in [0.15, 0.2) is 5.16 Å². The van der Waals surface area contributed by atoms with Gasteiger partial charge in [-0.25, -0.2) is 9.97 Å². The second-order valence-corrected chi connectivity index (χ2v) is 4.86. The van der Waals surface area contributed by atoms with Crippen LogP contribution in [-0.2, 0) is 6.42 Å². The first kappa shape index (κ1) is 12.5. The van der Waals surface area contributed by atoms with Gasteiger partial charge < -0.3 is 17.2 Å². The average molecular weight is 261 g/mol. The van der Waals surface area contributed by atoms with Gasteiger partial charge in [-0.1, -0.05) is 30.0 Å². The van der Waals surface area contributed by atoms with E-state index < -0.39 is 0 Å². The maximum atomic E-state index is 5.87. The second-order valence-electron chi connectivity index (χ2n) is 3.80. The minimum atomic E-state index is 0.393. The van der Waals surface area contributed by atoms with Crippen LogP contribution in [0.5, 0.6) is 0 Å². The van der Waals surface area contributed by atoms with Crippen molar-refractivity contribution >= 4 is 29.1 Å². The Bertz CT molecular complexity index is 523. The Morgan fingerprint density at radius 1 is 1.00 bits per heavy atom. The number of aryl methyl sites for hydroxylation is 1. The topological polar surface area (TPSA) is 104 Å². The number of anilines is 3. The molecule has 0 fully saturated rings. The summed E-state index contributed by atoms with van der Waals surface area (Å²) in [6, 6.07) is 9.36. The van der Waals surface area contributed by atoms with Crippen LogP contribution in [0.25, 0.3) is 0 Å². The zero-order chi connectivity index (χ0) is 13.0. The molecule has 2 aromatic rings. The van der Waals surface area contributed by atoms with E-state index in [1.165, 1.54) is 11.8 Å².